The van der Waals surface area contributed by atoms with Crippen molar-refractivity contribution in [3.8, 4) is 11.5 Å². The van der Waals surface area contributed by atoms with E-state index in [0.717, 1.165) is 24.2 Å². The lowest BCUT2D eigenvalue weighted by molar-refractivity contribution is -0.141. The topological polar surface area (TPSA) is 84.6 Å². The van der Waals surface area contributed by atoms with Crippen LogP contribution in [0.5, 0.6) is 0 Å². The van der Waals surface area contributed by atoms with Crippen LogP contribution >= 0.6 is 0 Å². The van der Waals surface area contributed by atoms with Gasteiger partial charge >= 0.3 is 0 Å². The Morgan fingerprint density at radius 1 is 1.22 bits per heavy atom. The van der Waals surface area contributed by atoms with Gasteiger partial charge in [-0.05, 0) is 25.0 Å². The standard InChI is InChI=1S/C19H25N5O3/c1-13(2)17-21-22-18(27-17)14-5-3-7-20-16(14)23-8-10-24(11-9-23)19(25)15-6-4-12-26-15/h3,5,7,13,15H,4,6,8-12H2,1-2H3/t15-/m0/s1. The van der Waals surface area contributed by atoms with E-state index in [-0.39, 0.29) is 17.9 Å². The molecule has 2 aromatic rings. The van der Waals surface area contributed by atoms with Crippen LogP contribution in [0.2, 0.25) is 0 Å². The predicted octanol–water partition coefficient (Wildman–Crippen LogP) is 2.08. The zero-order valence-electron chi connectivity index (χ0n) is 15.8. The number of ether oxygens (including phenoxy) is 1. The van der Waals surface area contributed by atoms with Crippen LogP contribution in [0.4, 0.5) is 5.82 Å². The van der Waals surface area contributed by atoms with E-state index in [2.05, 4.69) is 20.1 Å². The van der Waals surface area contributed by atoms with E-state index in [1.807, 2.05) is 30.9 Å². The first-order valence-electron chi connectivity index (χ1n) is 9.57. The second kappa shape index (κ2) is 7.64. The van der Waals surface area contributed by atoms with Crippen LogP contribution < -0.4 is 4.90 Å². The molecule has 0 bridgehead atoms. The SMILES string of the molecule is CC(C)c1nnc(-c2cccnc2N2CCN(C(=O)[C@@H]3CCCO3)CC2)o1. The number of carbonyl (C=O) groups is 1. The molecule has 0 radical (unpaired) electrons. The summed E-state index contributed by atoms with van der Waals surface area (Å²) in [7, 11) is 0. The van der Waals surface area contributed by atoms with E-state index in [4.69, 9.17) is 9.15 Å². The third-order valence-corrected chi connectivity index (χ3v) is 5.05. The van der Waals surface area contributed by atoms with Gasteiger partial charge in [-0.1, -0.05) is 13.8 Å². The fourth-order valence-corrected chi connectivity index (χ4v) is 3.51. The number of hydrogen-bond donors (Lipinski definition) is 0. The molecule has 0 saturated carbocycles. The van der Waals surface area contributed by atoms with Crippen molar-refractivity contribution in [3.05, 3.63) is 24.2 Å². The number of piperazine rings is 1. The molecule has 27 heavy (non-hydrogen) atoms. The summed E-state index contributed by atoms with van der Waals surface area (Å²) < 4.78 is 11.4. The monoisotopic (exact) mass is 371 g/mol. The predicted molar refractivity (Wildman–Crippen MR) is 99.4 cm³/mol. The highest BCUT2D eigenvalue weighted by Crippen LogP contribution is 2.30. The van der Waals surface area contributed by atoms with Crippen LogP contribution in [0.3, 0.4) is 0 Å². The molecule has 2 saturated heterocycles. The Labute approximate surface area is 158 Å². The van der Waals surface area contributed by atoms with Gasteiger partial charge in [-0.3, -0.25) is 4.79 Å². The van der Waals surface area contributed by atoms with Crippen LogP contribution in [-0.4, -0.2) is 64.9 Å². The summed E-state index contributed by atoms with van der Waals surface area (Å²) in [6.07, 6.45) is 3.31. The normalized spacial score (nSPS) is 20.5. The second-order valence-corrected chi connectivity index (χ2v) is 7.29. The molecular formula is C19H25N5O3. The van der Waals surface area contributed by atoms with E-state index in [1.165, 1.54) is 0 Å². The van der Waals surface area contributed by atoms with Crippen molar-refractivity contribution >= 4 is 11.7 Å². The minimum atomic E-state index is -0.255. The molecule has 2 fully saturated rings. The van der Waals surface area contributed by atoms with Crippen LogP contribution in [0.1, 0.15) is 38.5 Å². The Balaban J connectivity index is 1.47. The molecule has 4 heterocycles. The van der Waals surface area contributed by atoms with E-state index in [0.29, 0.717) is 44.6 Å². The highest BCUT2D eigenvalue weighted by molar-refractivity contribution is 5.81. The van der Waals surface area contributed by atoms with Gasteiger partial charge in [0.1, 0.15) is 11.9 Å². The average Bonchev–Trinajstić information content (AvgIpc) is 3.40. The van der Waals surface area contributed by atoms with Crippen LogP contribution in [0.15, 0.2) is 22.7 Å². The van der Waals surface area contributed by atoms with Crippen LogP contribution in [0.25, 0.3) is 11.5 Å². The molecule has 1 amide bonds. The maximum Gasteiger partial charge on any atom is 0.251 e. The van der Waals surface area contributed by atoms with Crippen molar-refractivity contribution in [2.45, 2.75) is 38.7 Å². The summed E-state index contributed by atoms with van der Waals surface area (Å²) in [4.78, 5) is 21.2. The average molecular weight is 371 g/mol. The third-order valence-electron chi connectivity index (χ3n) is 5.05. The maximum atomic E-state index is 12.5. The van der Waals surface area contributed by atoms with Gasteiger partial charge in [-0.2, -0.15) is 0 Å². The quantitative estimate of drug-likeness (QED) is 0.813. The van der Waals surface area contributed by atoms with Crippen molar-refractivity contribution in [1.82, 2.24) is 20.1 Å². The number of amides is 1. The lowest BCUT2D eigenvalue weighted by Crippen LogP contribution is -2.51. The van der Waals surface area contributed by atoms with Gasteiger partial charge in [0.15, 0.2) is 0 Å². The maximum absolute atomic E-state index is 12.5. The van der Waals surface area contributed by atoms with Gasteiger partial charge in [0, 0.05) is 44.9 Å². The fourth-order valence-electron chi connectivity index (χ4n) is 3.51. The highest BCUT2D eigenvalue weighted by atomic mass is 16.5. The molecular weight excluding hydrogens is 346 g/mol. The van der Waals surface area contributed by atoms with E-state index >= 15 is 0 Å². The number of anilines is 1. The molecule has 0 spiro atoms. The smallest absolute Gasteiger partial charge is 0.251 e. The Bertz CT molecular complexity index is 792. The van der Waals surface area contributed by atoms with Gasteiger partial charge < -0.3 is 19.0 Å². The molecule has 8 nitrogen and oxygen atoms in total. The van der Waals surface area contributed by atoms with Crippen molar-refractivity contribution in [1.29, 1.82) is 0 Å². The summed E-state index contributed by atoms with van der Waals surface area (Å²) in [6.45, 7) is 7.49. The Morgan fingerprint density at radius 3 is 2.70 bits per heavy atom. The molecule has 1 atom stereocenters. The molecule has 0 unspecified atom stereocenters. The third kappa shape index (κ3) is 3.66. The van der Waals surface area contributed by atoms with Crippen molar-refractivity contribution in [2.24, 2.45) is 0 Å². The summed E-state index contributed by atoms with van der Waals surface area (Å²) in [6, 6.07) is 3.82. The summed E-state index contributed by atoms with van der Waals surface area (Å²) in [5, 5.41) is 8.32. The first-order valence-corrected chi connectivity index (χ1v) is 9.57. The molecule has 2 aliphatic heterocycles. The van der Waals surface area contributed by atoms with Crippen molar-refractivity contribution in [3.63, 3.8) is 0 Å². The van der Waals surface area contributed by atoms with Gasteiger partial charge in [0.25, 0.3) is 11.8 Å². The molecule has 144 valence electrons. The second-order valence-electron chi connectivity index (χ2n) is 7.29. The first-order chi connectivity index (χ1) is 13.1. The summed E-state index contributed by atoms with van der Waals surface area (Å²) in [5.41, 5.74) is 0.829. The number of rotatable bonds is 4. The zero-order chi connectivity index (χ0) is 18.8. The van der Waals surface area contributed by atoms with Gasteiger partial charge in [-0.25, -0.2) is 4.98 Å². The molecule has 8 heteroatoms. The van der Waals surface area contributed by atoms with Crippen LogP contribution in [-0.2, 0) is 9.53 Å². The van der Waals surface area contributed by atoms with Crippen LogP contribution in [0, 0.1) is 0 Å². The van der Waals surface area contributed by atoms with E-state index in [1.54, 1.807) is 6.20 Å². The Kier molecular flexibility index (Phi) is 5.07. The lowest BCUT2D eigenvalue weighted by Gasteiger charge is -2.36. The zero-order valence-corrected chi connectivity index (χ0v) is 15.8. The Morgan fingerprint density at radius 2 is 2.04 bits per heavy atom. The molecule has 0 N–H and O–H groups in total. The molecule has 0 aliphatic carbocycles. The summed E-state index contributed by atoms with van der Waals surface area (Å²) in [5.74, 6) is 2.22. The highest BCUT2D eigenvalue weighted by Gasteiger charge is 2.31. The first kappa shape index (κ1) is 17.9. The van der Waals surface area contributed by atoms with Gasteiger partial charge in [0.05, 0.1) is 5.56 Å². The molecule has 2 aliphatic rings. The van der Waals surface area contributed by atoms with Gasteiger partial charge in [0.2, 0.25) is 5.89 Å². The number of nitrogens with zero attached hydrogens (tertiary/aromatic N) is 5. The van der Waals surface area contributed by atoms with Crippen molar-refractivity contribution < 1.29 is 13.9 Å². The van der Waals surface area contributed by atoms with E-state index in [9.17, 15) is 4.79 Å². The minimum absolute atomic E-state index is 0.117. The molecule has 4 rings (SSSR count). The minimum Gasteiger partial charge on any atom is -0.420 e. The molecule has 0 aromatic carbocycles. The largest absolute Gasteiger partial charge is 0.420 e. The van der Waals surface area contributed by atoms with Crippen molar-refractivity contribution in [2.75, 3.05) is 37.7 Å². The Hall–Kier alpha value is -2.48. The number of hydrogen-bond acceptors (Lipinski definition) is 7. The fraction of sp³-hybridized carbons (Fsp3) is 0.579. The van der Waals surface area contributed by atoms with E-state index < -0.39 is 0 Å². The summed E-state index contributed by atoms with van der Waals surface area (Å²) >= 11 is 0. The number of aromatic nitrogens is 3. The number of carbonyl (C=O) groups excluding carboxylic acids is 1. The number of pyridine rings is 1. The van der Waals surface area contributed by atoms with Gasteiger partial charge in [-0.15, -0.1) is 10.2 Å². The lowest BCUT2D eigenvalue weighted by atomic mass is 10.2. The molecule has 2 aromatic heterocycles.